The number of nitrogens with one attached hydrogen (secondary N) is 1. The molecular formula is C13H17NO4. The van der Waals surface area contributed by atoms with Crippen molar-refractivity contribution in [1.29, 1.82) is 0 Å². The van der Waals surface area contributed by atoms with Crippen LogP contribution in [0.15, 0.2) is 24.3 Å². The summed E-state index contributed by atoms with van der Waals surface area (Å²) in [6.07, 6.45) is 0.0802. The van der Waals surface area contributed by atoms with Gasteiger partial charge in [0.1, 0.15) is 12.3 Å². The van der Waals surface area contributed by atoms with Crippen LogP contribution in [0.4, 0.5) is 0 Å². The Kier molecular flexibility index (Phi) is 5.17. The number of carboxylic acids is 1. The van der Waals surface area contributed by atoms with Crippen molar-refractivity contribution in [2.45, 2.75) is 26.4 Å². The number of carbonyl (C=O) groups is 2. The molecule has 0 bridgehead atoms. The summed E-state index contributed by atoms with van der Waals surface area (Å²) in [5, 5.41) is 10.7. The fourth-order valence-electron chi connectivity index (χ4n) is 1.46. The molecule has 0 aromatic heterocycles. The van der Waals surface area contributed by atoms with E-state index in [1.54, 1.807) is 13.0 Å². The van der Waals surface area contributed by atoms with Crippen molar-refractivity contribution in [3.05, 3.63) is 29.8 Å². The summed E-state index contributed by atoms with van der Waals surface area (Å²) >= 11 is 0. The molecular weight excluding hydrogens is 234 g/mol. The smallest absolute Gasteiger partial charge is 0.322 e. The van der Waals surface area contributed by atoms with Gasteiger partial charge in [-0.1, -0.05) is 25.1 Å². The van der Waals surface area contributed by atoms with Crippen LogP contribution in [0, 0.1) is 0 Å². The van der Waals surface area contributed by atoms with Gasteiger partial charge in [0.05, 0.1) is 0 Å². The van der Waals surface area contributed by atoms with Gasteiger partial charge < -0.3 is 15.2 Å². The van der Waals surface area contributed by atoms with Crippen molar-refractivity contribution in [3.63, 3.8) is 0 Å². The molecule has 0 aliphatic rings. The van der Waals surface area contributed by atoms with E-state index < -0.39 is 24.5 Å². The first-order chi connectivity index (χ1) is 8.54. The maximum Gasteiger partial charge on any atom is 0.322 e. The highest BCUT2D eigenvalue weighted by Gasteiger charge is 2.16. The van der Waals surface area contributed by atoms with Crippen LogP contribution in [0.5, 0.6) is 5.75 Å². The molecule has 5 nitrogen and oxygen atoms in total. The summed E-state index contributed by atoms with van der Waals surface area (Å²) in [6.45, 7) is 3.18. The third-order valence-corrected chi connectivity index (χ3v) is 2.44. The molecule has 2 N–H and O–H groups in total. The molecule has 0 radical (unpaired) electrons. The van der Waals surface area contributed by atoms with Gasteiger partial charge in [-0.3, -0.25) is 9.59 Å². The summed E-state index contributed by atoms with van der Waals surface area (Å²) in [5.74, 6) is -0.870. The van der Waals surface area contributed by atoms with Crippen LogP contribution >= 0.6 is 0 Å². The highest BCUT2D eigenvalue weighted by Crippen LogP contribution is 2.19. The summed E-state index contributed by atoms with van der Waals surface area (Å²) in [6, 6.07) is 7.45. The van der Waals surface area contributed by atoms with Gasteiger partial charge in [-0.25, -0.2) is 0 Å². The fraction of sp³-hybridized carbons (Fsp3) is 0.385. The van der Waals surface area contributed by atoms with Gasteiger partial charge in [-0.15, -0.1) is 0 Å². The van der Waals surface area contributed by atoms with Crippen molar-refractivity contribution >= 4 is 11.9 Å². The van der Waals surface area contributed by atoms with E-state index in [0.717, 1.165) is 12.0 Å². The molecule has 0 aliphatic heterocycles. The van der Waals surface area contributed by atoms with E-state index in [4.69, 9.17) is 9.84 Å². The highest BCUT2D eigenvalue weighted by molar-refractivity contribution is 5.84. The molecule has 0 saturated carbocycles. The molecule has 1 rings (SSSR count). The van der Waals surface area contributed by atoms with E-state index in [2.05, 4.69) is 5.32 Å². The Morgan fingerprint density at radius 3 is 2.67 bits per heavy atom. The van der Waals surface area contributed by atoms with Gasteiger partial charge in [0, 0.05) is 0 Å². The second-order valence-corrected chi connectivity index (χ2v) is 3.83. The molecule has 1 aromatic rings. The standard InChI is InChI=1S/C13H17NO4/c1-3-10-6-4-5-7-11(10)18-9(2)13(17)14-8-12(15)16/h4-7,9H,3,8H2,1-2H3,(H,14,17)(H,15,16). The number of rotatable bonds is 6. The number of hydrogen-bond donors (Lipinski definition) is 2. The normalized spacial score (nSPS) is 11.7. The van der Waals surface area contributed by atoms with Gasteiger partial charge in [-0.2, -0.15) is 0 Å². The quantitative estimate of drug-likeness (QED) is 0.797. The Morgan fingerprint density at radius 2 is 2.06 bits per heavy atom. The number of aryl methyl sites for hydroxylation is 1. The van der Waals surface area contributed by atoms with Crippen LogP contribution in [0.2, 0.25) is 0 Å². The van der Waals surface area contributed by atoms with E-state index in [-0.39, 0.29) is 0 Å². The SMILES string of the molecule is CCc1ccccc1OC(C)C(=O)NCC(=O)O. The molecule has 0 saturated heterocycles. The first-order valence-corrected chi connectivity index (χ1v) is 5.78. The summed E-state index contributed by atoms with van der Waals surface area (Å²) in [5.41, 5.74) is 1.01. The van der Waals surface area contributed by atoms with Gasteiger partial charge in [0.15, 0.2) is 6.10 Å². The fourth-order valence-corrected chi connectivity index (χ4v) is 1.46. The summed E-state index contributed by atoms with van der Waals surface area (Å²) in [4.78, 5) is 21.9. The Hall–Kier alpha value is -2.04. The van der Waals surface area contributed by atoms with Crippen LogP contribution in [-0.2, 0) is 16.0 Å². The monoisotopic (exact) mass is 251 g/mol. The van der Waals surface area contributed by atoms with Gasteiger partial charge in [0.2, 0.25) is 0 Å². The van der Waals surface area contributed by atoms with Crippen LogP contribution in [0.25, 0.3) is 0 Å². The topological polar surface area (TPSA) is 75.6 Å². The summed E-state index contributed by atoms with van der Waals surface area (Å²) in [7, 11) is 0. The molecule has 0 heterocycles. The maximum atomic E-state index is 11.6. The maximum absolute atomic E-state index is 11.6. The first kappa shape index (κ1) is 14.0. The number of amides is 1. The average molecular weight is 251 g/mol. The Labute approximate surface area is 106 Å². The lowest BCUT2D eigenvalue weighted by Gasteiger charge is -2.16. The lowest BCUT2D eigenvalue weighted by atomic mass is 10.1. The van der Waals surface area contributed by atoms with Crippen molar-refractivity contribution in [1.82, 2.24) is 5.32 Å². The Balaban J connectivity index is 2.60. The number of benzene rings is 1. The number of hydrogen-bond acceptors (Lipinski definition) is 3. The molecule has 5 heteroatoms. The summed E-state index contributed by atoms with van der Waals surface area (Å²) < 4.78 is 5.53. The van der Waals surface area contributed by atoms with Crippen molar-refractivity contribution in [2.75, 3.05) is 6.54 Å². The lowest BCUT2D eigenvalue weighted by Crippen LogP contribution is -2.39. The lowest BCUT2D eigenvalue weighted by molar-refractivity contribution is -0.139. The van der Waals surface area contributed by atoms with Crippen LogP contribution in [0.1, 0.15) is 19.4 Å². The number of carbonyl (C=O) groups excluding carboxylic acids is 1. The van der Waals surface area contributed by atoms with Gasteiger partial charge in [0.25, 0.3) is 5.91 Å². The Morgan fingerprint density at radius 1 is 1.39 bits per heavy atom. The molecule has 0 fully saturated rings. The largest absolute Gasteiger partial charge is 0.481 e. The van der Waals surface area contributed by atoms with E-state index in [1.165, 1.54) is 0 Å². The highest BCUT2D eigenvalue weighted by atomic mass is 16.5. The van der Waals surface area contributed by atoms with Gasteiger partial charge in [-0.05, 0) is 25.0 Å². The van der Waals surface area contributed by atoms with Crippen LogP contribution in [0.3, 0.4) is 0 Å². The van der Waals surface area contributed by atoms with E-state index in [1.807, 2.05) is 25.1 Å². The van der Waals surface area contributed by atoms with Crippen molar-refractivity contribution < 1.29 is 19.4 Å². The third-order valence-electron chi connectivity index (χ3n) is 2.44. The molecule has 1 atom stereocenters. The van der Waals surface area contributed by atoms with Crippen molar-refractivity contribution in [2.24, 2.45) is 0 Å². The molecule has 1 amide bonds. The van der Waals surface area contributed by atoms with E-state index in [0.29, 0.717) is 5.75 Å². The van der Waals surface area contributed by atoms with Crippen molar-refractivity contribution in [3.8, 4) is 5.75 Å². The minimum atomic E-state index is -1.08. The zero-order valence-corrected chi connectivity index (χ0v) is 10.5. The predicted octanol–water partition coefficient (Wildman–Crippen LogP) is 1.22. The molecule has 18 heavy (non-hydrogen) atoms. The number of carboxylic acid groups (broad SMARTS) is 1. The van der Waals surface area contributed by atoms with E-state index >= 15 is 0 Å². The van der Waals surface area contributed by atoms with E-state index in [9.17, 15) is 9.59 Å². The minimum Gasteiger partial charge on any atom is -0.481 e. The zero-order chi connectivity index (χ0) is 13.5. The minimum absolute atomic E-state index is 0.401. The number of aliphatic carboxylic acids is 1. The van der Waals surface area contributed by atoms with Gasteiger partial charge >= 0.3 is 5.97 Å². The molecule has 98 valence electrons. The number of para-hydroxylation sites is 1. The first-order valence-electron chi connectivity index (χ1n) is 5.78. The molecule has 0 spiro atoms. The second kappa shape index (κ2) is 6.64. The van der Waals surface area contributed by atoms with Crippen LogP contribution in [-0.4, -0.2) is 29.6 Å². The average Bonchev–Trinajstić information content (AvgIpc) is 2.36. The molecule has 1 unspecified atom stereocenters. The van der Waals surface area contributed by atoms with Crippen LogP contribution < -0.4 is 10.1 Å². The second-order valence-electron chi connectivity index (χ2n) is 3.83. The molecule has 0 aliphatic carbocycles. The predicted molar refractivity (Wildman–Crippen MR) is 66.6 cm³/mol. The zero-order valence-electron chi connectivity index (χ0n) is 10.5. The Bertz CT molecular complexity index is 431. The molecule has 1 aromatic carbocycles. The third kappa shape index (κ3) is 4.08. The number of ether oxygens (including phenoxy) is 1.